The average molecular weight is 1160 g/mol. The summed E-state index contributed by atoms with van der Waals surface area (Å²) >= 11 is 0. The molecule has 0 unspecified atom stereocenters. The summed E-state index contributed by atoms with van der Waals surface area (Å²) in [6.07, 6.45) is 13.7. The van der Waals surface area contributed by atoms with Crippen LogP contribution in [0.4, 0.5) is 0 Å². The maximum absolute atomic E-state index is 14.6. The molecule has 1 aliphatic heterocycles. The molecule has 0 radical (unpaired) electrons. The van der Waals surface area contributed by atoms with Crippen molar-refractivity contribution in [3.05, 3.63) is 0 Å². The molecule has 0 bridgehead atoms. The van der Waals surface area contributed by atoms with Crippen LogP contribution in [0.2, 0.25) is 0 Å². The number of likely N-dealkylation sites (tertiary alicyclic amines) is 1. The third-order valence-electron chi connectivity index (χ3n) is 15.5. The van der Waals surface area contributed by atoms with Gasteiger partial charge in [-0.15, -0.1) is 0 Å². The van der Waals surface area contributed by atoms with Gasteiger partial charge in [0, 0.05) is 32.5 Å². The summed E-state index contributed by atoms with van der Waals surface area (Å²) in [4.78, 5) is 143. The molecule has 0 aromatic heterocycles. The lowest BCUT2D eigenvalue weighted by Gasteiger charge is -2.44. The summed E-state index contributed by atoms with van der Waals surface area (Å²) in [6, 6.07) is -4.39. The number of nitrogens with zero attached hydrogens (tertiary/aromatic N) is 3. The van der Waals surface area contributed by atoms with Crippen LogP contribution in [0.3, 0.4) is 0 Å². The van der Waals surface area contributed by atoms with Crippen LogP contribution < -0.4 is 42.5 Å². The van der Waals surface area contributed by atoms with E-state index in [1.807, 2.05) is 60.5 Å². The van der Waals surface area contributed by atoms with Gasteiger partial charge < -0.3 is 57.2 Å². The van der Waals surface area contributed by atoms with E-state index in [1.54, 1.807) is 4.90 Å². The maximum atomic E-state index is 14.6. The highest BCUT2D eigenvalue weighted by molar-refractivity contribution is 5.99. The topological polar surface area (TPSA) is 277 Å². The number of likely N-dealkylation sites (N-methyl/N-ethyl adjacent to an activating group) is 1. The van der Waals surface area contributed by atoms with Crippen molar-refractivity contribution < 1.29 is 47.9 Å². The summed E-state index contributed by atoms with van der Waals surface area (Å²) in [6.45, 7) is 25.7. The lowest BCUT2D eigenvalue weighted by atomic mass is 9.76. The van der Waals surface area contributed by atoms with Gasteiger partial charge >= 0.3 is 0 Å². The van der Waals surface area contributed by atoms with Crippen molar-refractivity contribution in [3.8, 4) is 0 Å². The third kappa shape index (κ3) is 24.5. The highest BCUT2D eigenvalue weighted by Crippen LogP contribution is 2.32. The second-order valence-corrected chi connectivity index (χ2v) is 26.6. The molecule has 0 aromatic carbocycles. The second-order valence-electron chi connectivity index (χ2n) is 26.6. The predicted octanol–water partition coefficient (Wildman–Crippen LogP) is 5.48. The van der Waals surface area contributed by atoms with Crippen LogP contribution in [0.1, 0.15) is 225 Å². The number of rotatable bonds is 39. The number of hydrogen-bond donors (Lipinski definition) is 8. The molecular weight excluding hydrogens is 1050 g/mol. The number of nitrogens with one attached hydrogen (secondary N) is 8. The minimum Gasteiger partial charge on any atom is -0.354 e. The first kappa shape index (κ1) is 72.8. The molecule has 10 amide bonds. The van der Waals surface area contributed by atoms with Gasteiger partial charge in [0.1, 0.15) is 46.9 Å². The largest absolute Gasteiger partial charge is 0.354 e. The first-order valence-electron chi connectivity index (χ1n) is 30.9. The first-order valence-corrected chi connectivity index (χ1v) is 30.9. The van der Waals surface area contributed by atoms with E-state index in [9.17, 15) is 47.9 Å². The van der Waals surface area contributed by atoms with E-state index < -0.39 is 88.3 Å². The Bertz CT molecular complexity index is 2110. The van der Waals surface area contributed by atoms with Crippen LogP contribution in [-0.4, -0.2) is 160 Å². The Labute approximate surface area is 492 Å². The Hall–Kier alpha value is -5.34. The predicted molar refractivity (Wildman–Crippen MR) is 320 cm³/mol. The Morgan fingerprint density at radius 3 is 1.57 bits per heavy atom. The molecule has 0 spiro atoms. The normalized spacial score (nSPS) is 16.8. The molecule has 8 N–H and O–H groups in total. The molecule has 1 heterocycles. The standard InChI is InChI=1S/C61H111N11O10/c1-17-19-21-22-23-25-28-47(72(40-73)49-29-26-35-71(49)50(75)30-24-20-18-2)54(79)64-46(38-43(7)8)53(78)67-59(11,12)56(81)65-44(36-41(3)4)51(76)63-45(37-42(5)6)52(77)68-60(13,14)57(82)69-58(9,10)55(80)62-34-31-48(74)66-61(32-27-33-61)39-70(15)16/h40-47,49H,17-39H2,1-16H3,(H,62,80)(H,63,76)(H,64,79)(H,65,81)(H,66,74)(H,67,78)(H,68,77)(H,69,82)/t44-,45-,46-,47-,49+/m0/s1. The molecule has 1 saturated heterocycles. The Balaban J connectivity index is 2.25. The number of amides is 10. The molecule has 21 heteroatoms. The van der Waals surface area contributed by atoms with Crippen molar-refractivity contribution in [2.45, 2.75) is 278 Å². The fraction of sp³-hybridized carbons (Fsp3) is 0.836. The molecule has 2 rings (SSSR count). The van der Waals surface area contributed by atoms with Gasteiger partial charge in [0.05, 0.1) is 5.54 Å². The summed E-state index contributed by atoms with van der Waals surface area (Å²) in [5.41, 5.74) is -4.91. The Kier molecular flexibility index (Phi) is 30.6. The zero-order chi connectivity index (χ0) is 62.2. The number of unbranched alkanes of at least 4 members (excludes halogenated alkanes) is 7. The molecular formula is C61H111N11O10. The van der Waals surface area contributed by atoms with E-state index in [1.165, 1.54) is 46.4 Å². The van der Waals surface area contributed by atoms with E-state index >= 15 is 0 Å². The molecule has 21 nitrogen and oxygen atoms in total. The second kappa shape index (κ2) is 34.4. The lowest BCUT2D eigenvalue weighted by molar-refractivity contribution is -0.146. The van der Waals surface area contributed by atoms with E-state index in [-0.39, 0.29) is 67.3 Å². The molecule has 1 saturated carbocycles. The van der Waals surface area contributed by atoms with Crippen LogP contribution >= 0.6 is 0 Å². The number of carbonyl (C=O) groups is 10. The summed E-state index contributed by atoms with van der Waals surface area (Å²) in [5.74, 6) is -4.93. The SMILES string of the molecule is CCCCCCCC[C@@H](C(=O)N[C@@H](CC(C)C)C(=O)NC(C)(C)C(=O)N[C@@H](CC(C)C)C(=O)N[C@@H](CC(C)C)C(=O)NC(C)(C)C(=O)NC(C)(C)C(=O)NCCC(=O)NC1(CN(C)C)CCC1)N(C=O)[C@@H]1CCCN1C(=O)CCCCC. The number of carbonyl (C=O) groups excluding carboxylic acids is 10. The average Bonchev–Trinajstić information content (AvgIpc) is 3.84. The first-order chi connectivity index (χ1) is 38.2. The third-order valence-corrected chi connectivity index (χ3v) is 15.5. The van der Waals surface area contributed by atoms with E-state index in [0.29, 0.717) is 45.1 Å². The lowest BCUT2D eigenvalue weighted by Crippen LogP contribution is -2.65. The zero-order valence-corrected chi connectivity index (χ0v) is 53.4. The smallest absolute Gasteiger partial charge is 0.246 e. The summed E-state index contributed by atoms with van der Waals surface area (Å²) in [7, 11) is 3.92. The Morgan fingerprint density at radius 2 is 1.07 bits per heavy atom. The van der Waals surface area contributed by atoms with Crippen molar-refractivity contribution in [2.24, 2.45) is 17.8 Å². The van der Waals surface area contributed by atoms with Crippen molar-refractivity contribution in [1.29, 1.82) is 0 Å². The number of hydrogen-bond acceptors (Lipinski definition) is 11. The van der Waals surface area contributed by atoms with Crippen molar-refractivity contribution >= 4 is 59.6 Å². The Morgan fingerprint density at radius 1 is 0.585 bits per heavy atom. The van der Waals surface area contributed by atoms with Gasteiger partial charge in [-0.1, -0.05) is 107 Å². The van der Waals surface area contributed by atoms with Crippen molar-refractivity contribution in [1.82, 2.24) is 57.2 Å². The van der Waals surface area contributed by atoms with Gasteiger partial charge in [-0.3, -0.25) is 47.9 Å². The van der Waals surface area contributed by atoms with E-state index in [0.717, 1.165) is 77.2 Å². The minimum absolute atomic E-state index is 0.0487. The highest BCUT2D eigenvalue weighted by atomic mass is 16.2. The molecule has 2 fully saturated rings. The molecule has 82 heavy (non-hydrogen) atoms. The molecule has 5 atom stereocenters. The fourth-order valence-electron chi connectivity index (χ4n) is 10.7. The molecule has 2 aliphatic rings. The monoisotopic (exact) mass is 1160 g/mol. The molecule has 470 valence electrons. The minimum atomic E-state index is -1.63. The summed E-state index contributed by atoms with van der Waals surface area (Å²) in [5, 5.41) is 22.7. The molecule has 0 aromatic rings. The quantitative estimate of drug-likeness (QED) is 0.0282. The van der Waals surface area contributed by atoms with Gasteiger partial charge in [-0.25, -0.2) is 0 Å². The van der Waals surface area contributed by atoms with Gasteiger partial charge in [-0.05, 0) is 138 Å². The van der Waals surface area contributed by atoms with Crippen LogP contribution in [0.5, 0.6) is 0 Å². The fourth-order valence-corrected chi connectivity index (χ4v) is 10.7. The summed E-state index contributed by atoms with van der Waals surface area (Å²) < 4.78 is 0. The van der Waals surface area contributed by atoms with Crippen LogP contribution in [0.15, 0.2) is 0 Å². The maximum Gasteiger partial charge on any atom is 0.246 e. The van der Waals surface area contributed by atoms with Crippen LogP contribution in [0, 0.1) is 17.8 Å². The van der Waals surface area contributed by atoms with Crippen molar-refractivity contribution in [3.63, 3.8) is 0 Å². The van der Waals surface area contributed by atoms with Gasteiger partial charge in [0.25, 0.3) is 0 Å². The van der Waals surface area contributed by atoms with Gasteiger partial charge in [0.2, 0.25) is 59.6 Å². The van der Waals surface area contributed by atoms with Crippen LogP contribution in [-0.2, 0) is 47.9 Å². The highest BCUT2D eigenvalue weighted by Gasteiger charge is 2.43. The zero-order valence-electron chi connectivity index (χ0n) is 53.4. The van der Waals surface area contributed by atoms with E-state index in [2.05, 4.69) is 56.4 Å². The van der Waals surface area contributed by atoms with Gasteiger partial charge in [0.15, 0.2) is 0 Å². The molecule has 1 aliphatic carbocycles. The van der Waals surface area contributed by atoms with Crippen molar-refractivity contribution in [2.75, 3.05) is 33.7 Å². The van der Waals surface area contributed by atoms with E-state index in [4.69, 9.17) is 0 Å². The van der Waals surface area contributed by atoms with Crippen LogP contribution in [0.25, 0.3) is 0 Å². The van der Waals surface area contributed by atoms with Gasteiger partial charge in [-0.2, -0.15) is 0 Å².